The smallest absolute Gasteiger partial charge is 0.330 e. The Morgan fingerprint density at radius 1 is 1.40 bits per heavy atom. The summed E-state index contributed by atoms with van der Waals surface area (Å²) in [5.74, 6) is -0.397. The fourth-order valence-electron chi connectivity index (χ4n) is 1.18. The molecule has 0 amide bonds. The molecule has 1 aromatic carbocycles. The molecule has 0 aliphatic carbocycles. The predicted molar refractivity (Wildman–Crippen MR) is 61.9 cm³/mol. The highest BCUT2D eigenvalue weighted by Gasteiger charge is 2.31. The molecule has 2 N–H and O–H groups in total. The molecule has 0 saturated heterocycles. The van der Waals surface area contributed by atoms with Crippen molar-refractivity contribution in [2.45, 2.75) is 19.4 Å². The van der Waals surface area contributed by atoms with Crippen molar-refractivity contribution >= 4 is 18.4 Å². The number of ether oxygens (including phenoxy) is 1. The maximum Gasteiger partial charge on any atom is 0.330 e. The molecule has 0 aromatic heterocycles. The van der Waals surface area contributed by atoms with Gasteiger partial charge in [-0.25, -0.2) is 4.79 Å². The largest absolute Gasteiger partial charge is 0.464 e. The van der Waals surface area contributed by atoms with Gasteiger partial charge in [-0.1, -0.05) is 30.3 Å². The van der Waals surface area contributed by atoms with Gasteiger partial charge < -0.3 is 10.5 Å². The average molecular weight is 230 g/mol. The molecule has 0 bridgehead atoms. The molecule has 0 heterocycles. The minimum Gasteiger partial charge on any atom is -0.464 e. The quantitative estimate of drug-likeness (QED) is 0.805. The third-order valence-electron chi connectivity index (χ3n) is 2.07. The van der Waals surface area contributed by atoms with Crippen molar-refractivity contribution in [1.82, 2.24) is 0 Å². The van der Waals surface area contributed by atoms with Gasteiger partial charge in [-0.3, -0.25) is 0 Å². The number of hydrogen-bond acceptors (Lipinski definition) is 3. The van der Waals surface area contributed by atoms with Crippen LogP contribution in [0.2, 0.25) is 0 Å². The van der Waals surface area contributed by atoms with Gasteiger partial charge in [0, 0.05) is 0 Å². The van der Waals surface area contributed by atoms with Crippen LogP contribution in [-0.2, 0) is 15.1 Å². The molecule has 0 saturated carbocycles. The second-order valence-corrected chi connectivity index (χ2v) is 3.29. The van der Waals surface area contributed by atoms with Crippen LogP contribution in [0.4, 0.5) is 0 Å². The van der Waals surface area contributed by atoms with Gasteiger partial charge in [0.25, 0.3) is 0 Å². The van der Waals surface area contributed by atoms with Crippen molar-refractivity contribution in [1.29, 1.82) is 0 Å². The van der Waals surface area contributed by atoms with E-state index in [0.717, 1.165) is 5.56 Å². The van der Waals surface area contributed by atoms with Crippen molar-refractivity contribution in [3.8, 4) is 0 Å². The van der Waals surface area contributed by atoms with E-state index >= 15 is 0 Å². The zero-order valence-corrected chi connectivity index (χ0v) is 9.71. The summed E-state index contributed by atoms with van der Waals surface area (Å²) >= 11 is 0. The lowest BCUT2D eigenvalue weighted by Crippen LogP contribution is -2.43. The van der Waals surface area contributed by atoms with Crippen LogP contribution < -0.4 is 5.73 Å². The minimum absolute atomic E-state index is 0. The molecular weight excluding hydrogens is 214 g/mol. The van der Waals surface area contributed by atoms with Crippen LogP contribution in [-0.4, -0.2) is 12.6 Å². The first kappa shape index (κ1) is 13.9. The Balaban J connectivity index is 0.00000196. The molecule has 0 aliphatic rings. The maximum atomic E-state index is 11.5. The Morgan fingerprint density at radius 2 is 1.93 bits per heavy atom. The van der Waals surface area contributed by atoms with E-state index in [4.69, 9.17) is 10.5 Å². The number of benzene rings is 1. The zero-order valence-electron chi connectivity index (χ0n) is 8.90. The van der Waals surface area contributed by atoms with Crippen LogP contribution in [0.1, 0.15) is 19.4 Å². The van der Waals surface area contributed by atoms with Gasteiger partial charge in [0.05, 0.1) is 6.61 Å². The average Bonchev–Trinajstić information content (AvgIpc) is 2.19. The van der Waals surface area contributed by atoms with Gasteiger partial charge in [0.2, 0.25) is 0 Å². The first-order chi connectivity index (χ1) is 6.59. The van der Waals surface area contributed by atoms with Gasteiger partial charge in [0.1, 0.15) is 5.54 Å². The van der Waals surface area contributed by atoms with E-state index in [1.807, 2.05) is 30.3 Å². The third-order valence-corrected chi connectivity index (χ3v) is 2.07. The minimum atomic E-state index is -1.06. The molecule has 84 valence electrons. The van der Waals surface area contributed by atoms with Crippen molar-refractivity contribution in [2.24, 2.45) is 5.73 Å². The summed E-state index contributed by atoms with van der Waals surface area (Å²) in [6, 6.07) is 9.21. The topological polar surface area (TPSA) is 52.3 Å². The number of carbonyl (C=O) groups excluding carboxylic acids is 1. The van der Waals surface area contributed by atoms with Crippen LogP contribution in [0.25, 0.3) is 0 Å². The van der Waals surface area contributed by atoms with E-state index in [1.165, 1.54) is 0 Å². The highest BCUT2D eigenvalue weighted by atomic mass is 35.5. The van der Waals surface area contributed by atoms with Crippen molar-refractivity contribution in [2.75, 3.05) is 6.61 Å². The number of hydrogen-bond donors (Lipinski definition) is 1. The summed E-state index contributed by atoms with van der Waals surface area (Å²) in [6.07, 6.45) is 0. The molecule has 0 unspecified atom stereocenters. The second-order valence-electron chi connectivity index (χ2n) is 3.29. The zero-order chi connectivity index (χ0) is 10.6. The number of nitrogens with two attached hydrogens (primary N) is 1. The van der Waals surface area contributed by atoms with Crippen LogP contribution in [0.5, 0.6) is 0 Å². The second kappa shape index (κ2) is 5.73. The monoisotopic (exact) mass is 229 g/mol. The predicted octanol–water partition coefficient (Wildman–Crippen LogP) is 1.85. The molecule has 15 heavy (non-hydrogen) atoms. The Labute approximate surface area is 96.0 Å². The van der Waals surface area contributed by atoms with E-state index in [1.54, 1.807) is 13.8 Å². The van der Waals surface area contributed by atoms with Gasteiger partial charge in [-0.05, 0) is 19.4 Å². The van der Waals surface area contributed by atoms with Crippen molar-refractivity contribution in [3.05, 3.63) is 35.9 Å². The molecule has 0 radical (unpaired) electrons. The molecule has 4 heteroatoms. The first-order valence-corrected chi connectivity index (χ1v) is 4.60. The molecule has 0 aliphatic heterocycles. The Hall–Kier alpha value is -1.06. The molecule has 3 nitrogen and oxygen atoms in total. The number of rotatable bonds is 3. The lowest BCUT2D eigenvalue weighted by atomic mass is 9.93. The number of carbonyl (C=O) groups is 1. The summed E-state index contributed by atoms with van der Waals surface area (Å²) in [4.78, 5) is 11.5. The molecule has 0 spiro atoms. The lowest BCUT2D eigenvalue weighted by Gasteiger charge is -2.22. The van der Waals surface area contributed by atoms with Crippen molar-refractivity contribution in [3.63, 3.8) is 0 Å². The van der Waals surface area contributed by atoms with Crippen LogP contribution in [0.15, 0.2) is 30.3 Å². The lowest BCUT2D eigenvalue weighted by molar-refractivity contribution is -0.149. The summed E-state index contributed by atoms with van der Waals surface area (Å²) in [6.45, 7) is 3.76. The normalized spacial score (nSPS) is 13.5. The SMILES string of the molecule is CCOC(=O)[C@](C)(N)c1ccccc1.Cl. The summed E-state index contributed by atoms with van der Waals surface area (Å²) in [7, 11) is 0. The highest BCUT2D eigenvalue weighted by Crippen LogP contribution is 2.18. The van der Waals surface area contributed by atoms with E-state index < -0.39 is 11.5 Å². The van der Waals surface area contributed by atoms with E-state index in [0.29, 0.717) is 6.61 Å². The van der Waals surface area contributed by atoms with E-state index in [9.17, 15) is 4.79 Å². The van der Waals surface area contributed by atoms with Gasteiger partial charge in [-0.2, -0.15) is 0 Å². The summed E-state index contributed by atoms with van der Waals surface area (Å²) < 4.78 is 4.90. The van der Waals surface area contributed by atoms with E-state index in [2.05, 4.69) is 0 Å². The van der Waals surface area contributed by atoms with Crippen molar-refractivity contribution < 1.29 is 9.53 Å². The number of halogens is 1. The van der Waals surface area contributed by atoms with Crippen LogP contribution in [0.3, 0.4) is 0 Å². The van der Waals surface area contributed by atoms with Gasteiger partial charge in [-0.15, -0.1) is 12.4 Å². The molecule has 1 atom stereocenters. The third kappa shape index (κ3) is 3.22. The Morgan fingerprint density at radius 3 is 2.40 bits per heavy atom. The fraction of sp³-hybridized carbons (Fsp3) is 0.364. The number of esters is 1. The molecule has 0 fully saturated rings. The summed E-state index contributed by atoms with van der Waals surface area (Å²) in [5.41, 5.74) is 5.60. The first-order valence-electron chi connectivity index (χ1n) is 4.60. The maximum absolute atomic E-state index is 11.5. The fourth-order valence-corrected chi connectivity index (χ4v) is 1.18. The summed E-state index contributed by atoms with van der Waals surface area (Å²) in [5, 5.41) is 0. The van der Waals surface area contributed by atoms with Gasteiger partial charge in [0.15, 0.2) is 0 Å². The molecule has 1 rings (SSSR count). The van der Waals surface area contributed by atoms with E-state index in [-0.39, 0.29) is 12.4 Å². The Bertz CT molecular complexity index is 312. The standard InChI is InChI=1S/C11H15NO2.ClH/c1-3-14-10(13)11(2,12)9-7-5-4-6-8-9;/h4-8H,3,12H2,1-2H3;1H/t11-;/m1./s1. The van der Waals surface area contributed by atoms with Gasteiger partial charge >= 0.3 is 5.97 Å². The Kier molecular flexibility index (Phi) is 5.33. The van der Waals surface area contributed by atoms with Crippen LogP contribution >= 0.6 is 12.4 Å². The highest BCUT2D eigenvalue weighted by molar-refractivity contribution is 5.85. The molecule has 1 aromatic rings. The van der Waals surface area contributed by atoms with Crippen LogP contribution in [0, 0.1) is 0 Å². The molecular formula is C11H16ClNO2.